The van der Waals surface area contributed by atoms with Crippen molar-refractivity contribution in [1.82, 2.24) is 0 Å². The van der Waals surface area contributed by atoms with Crippen LogP contribution in [0.15, 0.2) is 30.3 Å². The lowest BCUT2D eigenvalue weighted by atomic mass is 9.88. The number of benzene rings is 2. The van der Waals surface area contributed by atoms with E-state index in [-0.39, 0.29) is 5.92 Å². The number of rotatable bonds is 10. The minimum Gasteiger partial charge on any atom is -0.493 e. The van der Waals surface area contributed by atoms with E-state index in [1.54, 1.807) is 28.4 Å². The Morgan fingerprint density at radius 1 is 0.964 bits per heavy atom. The van der Waals surface area contributed by atoms with E-state index in [1.165, 1.54) is 0 Å². The molecular weight excluding hydrogens is 356 g/mol. The van der Waals surface area contributed by atoms with Gasteiger partial charge in [0.1, 0.15) is 6.07 Å². The van der Waals surface area contributed by atoms with Gasteiger partial charge < -0.3 is 24.3 Å². The van der Waals surface area contributed by atoms with E-state index in [0.717, 1.165) is 23.2 Å². The number of nitriles is 1. The quantitative estimate of drug-likeness (QED) is 0.620. The van der Waals surface area contributed by atoms with Gasteiger partial charge >= 0.3 is 0 Å². The van der Waals surface area contributed by atoms with Crippen molar-refractivity contribution in [1.29, 1.82) is 5.26 Å². The van der Waals surface area contributed by atoms with E-state index in [1.807, 2.05) is 30.3 Å². The van der Waals surface area contributed by atoms with Crippen LogP contribution in [0.5, 0.6) is 17.2 Å². The van der Waals surface area contributed by atoms with Gasteiger partial charge in [-0.3, -0.25) is 0 Å². The summed E-state index contributed by atoms with van der Waals surface area (Å²) in [4.78, 5) is 0. The van der Waals surface area contributed by atoms with Gasteiger partial charge in [-0.15, -0.1) is 0 Å². The summed E-state index contributed by atoms with van der Waals surface area (Å²) in [6, 6.07) is 12.1. The fourth-order valence-electron chi connectivity index (χ4n) is 3.28. The summed E-state index contributed by atoms with van der Waals surface area (Å²) in [6.07, 6.45) is 0.877. The molecule has 28 heavy (non-hydrogen) atoms. The summed E-state index contributed by atoms with van der Waals surface area (Å²) >= 11 is 0. The number of hydrogen-bond acceptors (Lipinski definition) is 6. The van der Waals surface area contributed by atoms with Crippen LogP contribution in [-0.2, 0) is 4.74 Å². The smallest absolute Gasteiger partial charge is 0.203 e. The number of nitrogens with one attached hydrogen (secondary N) is 1. The first-order valence-corrected chi connectivity index (χ1v) is 9.20. The van der Waals surface area contributed by atoms with Crippen molar-refractivity contribution in [2.75, 3.05) is 46.9 Å². The Labute approximate surface area is 167 Å². The molecule has 2 rings (SSSR count). The molecule has 0 spiro atoms. The molecule has 150 valence electrons. The van der Waals surface area contributed by atoms with Crippen LogP contribution in [0.1, 0.15) is 36.0 Å². The number of hydrogen-bond donors (Lipinski definition) is 1. The molecule has 0 aromatic heterocycles. The van der Waals surface area contributed by atoms with Crippen molar-refractivity contribution in [3.05, 3.63) is 47.0 Å². The molecule has 2 aromatic carbocycles. The van der Waals surface area contributed by atoms with Gasteiger partial charge in [0, 0.05) is 19.6 Å². The molecule has 1 atom stereocenters. The summed E-state index contributed by atoms with van der Waals surface area (Å²) in [5.74, 6) is 1.94. The normalized spacial score (nSPS) is 11.4. The lowest BCUT2D eigenvalue weighted by Gasteiger charge is -2.21. The second-order valence-corrected chi connectivity index (χ2v) is 6.26. The van der Waals surface area contributed by atoms with Gasteiger partial charge in [0.15, 0.2) is 11.5 Å². The number of anilines is 1. The molecule has 0 aliphatic rings. The second-order valence-electron chi connectivity index (χ2n) is 6.26. The van der Waals surface area contributed by atoms with Crippen molar-refractivity contribution in [2.45, 2.75) is 19.3 Å². The zero-order chi connectivity index (χ0) is 20.5. The molecule has 0 saturated carbocycles. The molecule has 0 aliphatic carbocycles. The van der Waals surface area contributed by atoms with Gasteiger partial charge in [-0.05, 0) is 41.8 Å². The minimum atomic E-state index is 0.115. The molecule has 0 radical (unpaired) electrons. The molecule has 0 bridgehead atoms. The molecule has 1 unspecified atom stereocenters. The first kappa shape index (κ1) is 21.4. The highest BCUT2D eigenvalue weighted by Gasteiger charge is 2.20. The molecule has 0 amide bonds. The van der Waals surface area contributed by atoms with E-state index in [2.05, 4.69) is 18.3 Å². The van der Waals surface area contributed by atoms with Gasteiger partial charge in [-0.2, -0.15) is 5.26 Å². The number of methoxy groups -OCH3 is 4. The average Bonchev–Trinajstić information content (AvgIpc) is 2.73. The standard InChI is InChI=1S/C22H28N2O4/c1-6-18(17-12-20(26-3)22(28-5)21(13-17)27-4)15-7-8-16(14-23)19(11-15)24-9-10-25-2/h7-8,11-13,18,24H,6,9-10H2,1-5H3. The summed E-state index contributed by atoms with van der Waals surface area (Å²) in [7, 11) is 6.47. The van der Waals surface area contributed by atoms with Crippen molar-refractivity contribution in [2.24, 2.45) is 0 Å². The van der Waals surface area contributed by atoms with Gasteiger partial charge in [0.05, 0.1) is 39.2 Å². The molecule has 0 saturated heterocycles. The lowest BCUT2D eigenvalue weighted by Crippen LogP contribution is -2.10. The third kappa shape index (κ3) is 4.68. The molecular formula is C22H28N2O4. The predicted molar refractivity (Wildman–Crippen MR) is 110 cm³/mol. The molecule has 1 N–H and O–H groups in total. The van der Waals surface area contributed by atoms with Crippen LogP contribution in [0.2, 0.25) is 0 Å². The highest BCUT2D eigenvalue weighted by molar-refractivity contribution is 5.61. The Balaban J connectivity index is 2.47. The summed E-state index contributed by atoms with van der Waals surface area (Å²) in [5.41, 5.74) is 3.59. The number of ether oxygens (including phenoxy) is 4. The molecule has 0 heterocycles. The highest BCUT2D eigenvalue weighted by atomic mass is 16.5. The number of nitrogens with zero attached hydrogens (tertiary/aromatic N) is 1. The average molecular weight is 384 g/mol. The fourth-order valence-corrected chi connectivity index (χ4v) is 3.28. The van der Waals surface area contributed by atoms with E-state index in [0.29, 0.717) is 36.0 Å². The van der Waals surface area contributed by atoms with Crippen molar-refractivity contribution >= 4 is 5.69 Å². The van der Waals surface area contributed by atoms with Gasteiger partial charge in [0.2, 0.25) is 5.75 Å². The van der Waals surface area contributed by atoms with Gasteiger partial charge in [-0.1, -0.05) is 13.0 Å². The first-order chi connectivity index (χ1) is 13.6. The first-order valence-electron chi connectivity index (χ1n) is 9.20. The van der Waals surface area contributed by atoms with Gasteiger partial charge in [-0.25, -0.2) is 0 Å². The Bertz CT molecular complexity index is 805. The fraction of sp³-hybridized carbons (Fsp3) is 0.409. The van der Waals surface area contributed by atoms with Crippen LogP contribution in [0.4, 0.5) is 5.69 Å². The SMILES string of the molecule is CCC(c1ccc(C#N)c(NCCOC)c1)c1cc(OC)c(OC)c(OC)c1. The molecule has 6 nitrogen and oxygen atoms in total. The van der Waals surface area contributed by atoms with Crippen molar-refractivity contribution in [3.63, 3.8) is 0 Å². The van der Waals surface area contributed by atoms with Crippen LogP contribution < -0.4 is 19.5 Å². The van der Waals surface area contributed by atoms with Crippen LogP contribution in [0.25, 0.3) is 0 Å². The minimum absolute atomic E-state index is 0.115. The zero-order valence-corrected chi connectivity index (χ0v) is 17.2. The highest BCUT2D eigenvalue weighted by Crippen LogP contribution is 2.42. The Morgan fingerprint density at radius 2 is 1.64 bits per heavy atom. The molecule has 0 fully saturated rings. The third-order valence-electron chi connectivity index (χ3n) is 4.69. The van der Waals surface area contributed by atoms with E-state index in [9.17, 15) is 5.26 Å². The van der Waals surface area contributed by atoms with Crippen LogP contribution >= 0.6 is 0 Å². The Morgan fingerprint density at radius 3 is 2.14 bits per heavy atom. The maximum atomic E-state index is 9.40. The zero-order valence-electron chi connectivity index (χ0n) is 17.2. The molecule has 2 aromatic rings. The predicted octanol–water partition coefficient (Wildman–Crippen LogP) is 4.18. The van der Waals surface area contributed by atoms with Crippen LogP contribution in [0.3, 0.4) is 0 Å². The maximum Gasteiger partial charge on any atom is 0.203 e. The summed E-state index contributed by atoms with van der Waals surface area (Å²) in [5, 5.41) is 12.7. The monoisotopic (exact) mass is 384 g/mol. The van der Waals surface area contributed by atoms with E-state index >= 15 is 0 Å². The lowest BCUT2D eigenvalue weighted by molar-refractivity contribution is 0.211. The van der Waals surface area contributed by atoms with Crippen molar-refractivity contribution in [3.8, 4) is 23.3 Å². The molecule has 6 heteroatoms. The summed E-state index contributed by atoms with van der Waals surface area (Å²) in [6.45, 7) is 3.33. The third-order valence-corrected chi connectivity index (χ3v) is 4.69. The van der Waals surface area contributed by atoms with E-state index in [4.69, 9.17) is 18.9 Å². The van der Waals surface area contributed by atoms with Crippen LogP contribution in [0, 0.1) is 11.3 Å². The Hall–Kier alpha value is -2.91. The largest absolute Gasteiger partial charge is 0.493 e. The second kappa shape index (κ2) is 10.4. The van der Waals surface area contributed by atoms with Gasteiger partial charge in [0.25, 0.3) is 0 Å². The van der Waals surface area contributed by atoms with Crippen LogP contribution in [-0.4, -0.2) is 41.6 Å². The van der Waals surface area contributed by atoms with Crippen molar-refractivity contribution < 1.29 is 18.9 Å². The maximum absolute atomic E-state index is 9.40. The Kier molecular flexibility index (Phi) is 7.97. The molecule has 0 aliphatic heterocycles. The van der Waals surface area contributed by atoms with E-state index < -0.39 is 0 Å². The topological polar surface area (TPSA) is 72.7 Å². The summed E-state index contributed by atoms with van der Waals surface area (Å²) < 4.78 is 21.5.